The molecule has 2 aromatic carbocycles. The highest BCUT2D eigenvalue weighted by Crippen LogP contribution is 2.23. The van der Waals surface area contributed by atoms with E-state index in [0.29, 0.717) is 17.9 Å². The van der Waals surface area contributed by atoms with Crippen LogP contribution in [0.15, 0.2) is 77.5 Å². The van der Waals surface area contributed by atoms with Crippen molar-refractivity contribution in [3.8, 4) is 5.75 Å². The lowest BCUT2D eigenvalue weighted by molar-refractivity contribution is -0.115. The lowest BCUT2D eigenvalue weighted by Gasteiger charge is -2.09. The van der Waals surface area contributed by atoms with Crippen molar-refractivity contribution in [2.75, 3.05) is 0 Å². The molecule has 144 valence electrons. The van der Waals surface area contributed by atoms with E-state index in [1.807, 2.05) is 83.6 Å². The zero-order chi connectivity index (χ0) is 20.1. The number of hydrazine groups is 1. The predicted octanol–water partition coefficient (Wildman–Crippen LogP) is 4.41. The van der Waals surface area contributed by atoms with Gasteiger partial charge in [0.2, 0.25) is 0 Å². The molecule has 0 saturated carbocycles. The van der Waals surface area contributed by atoms with Crippen molar-refractivity contribution in [1.82, 2.24) is 10.4 Å². The van der Waals surface area contributed by atoms with E-state index in [4.69, 9.17) is 10.6 Å². The van der Waals surface area contributed by atoms with Gasteiger partial charge < -0.3 is 4.74 Å². The largest absolute Gasteiger partial charge is 0.487 e. The van der Waals surface area contributed by atoms with Gasteiger partial charge in [-0.15, -0.1) is 0 Å². The number of para-hydroxylation sites is 1. The number of carbonyl (C=O) groups excluding carboxylic acids is 1. The lowest BCUT2D eigenvalue weighted by Crippen LogP contribution is -2.30. The Morgan fingerprint density at radius 3 is 2.66 bits per heavy atom. The molecule has 2 heterocycles. The molecule has 3 N–H and O–H groups in total. The summed E-state index contributed by atoms with van der Waals surface area (Å²) in [6.45, 7) is 0.366. The van der Waals surface area contributed by atoms with E-state index in [1.54, 1.807) is 11.3 Å². The Labute approximate surface area is 172 Å². The summed E-state index contributed by atoms with van der Waals surface area (Å²) in [7, 11) is 0. The highest BCUT2D eigenvalue weighted by Gasteiger charge is 2.11. The zero-order valence-corrected chi connectivity index (χ0v) is 16.4. The Hall–Kier alpha value is -3.48. The third-order valence-corrected chi connectivity index (χ3v) is 5.14. The van der Waals surface area contributed by atoms with Crippen molar-refractivity contribution in [2.45, 2.75) is 6.61 Å². The van der Waals surface area contributed by atoms with Crippen molar-refractivity contribution < 1.29 is 9.53 Å². The minimum atomic E-state index is -0.342. The van der Waals surface area contributed by atoms with Gasteiger partial charge in [0, 0.05) is 11.0 Å². The number of hydrogen-bond donors (Lipinski definition) is 2. The van der Waals surface area contributed by atoms with Gasteiger partial charge in [0.05, 0.1) is 11.2 Å². The van der Waals surface area contributed by atoms with Crippen LogP contribution in [0.3, 0.4) is 0 Å². The fourth-order valence-electron chi connectivity index (χ4n) is 2.96. The van der Waals surface area contributed by atoms with E-state index in [2.05, 4.69) is 10.4 Å². The van der Waals surface area contributed by atoms with Gasteiger partial charge in [-0.25, -0.2) is 10.8 Å². The average Bonchev–Trinajstić information content (AvgIpc) is 3.29. The number of amides is 1. The molecule has 0 unspecified atom stereocenters. The molecule has 0 saturated heterocycles. The summed E-state index contributed by atoms with van der Waals surface area (Å²) in [6.07, 6.45) is 1.81. The van der Waals surface area contributed by atoms with Crippen LogP contribution in [0.2, 0.25) is 0 Å². The number of fused-ring (bicyclic) bond motifs is 1. The Balaban J connectivity index is 1.49. The van der Waals surface area contributed by atoms with Crippen molar-refractivity contribution in [2.24, 2.45) is 5.84 Å². The number of nitrogens with zero attached hydrogens (tertiary/aromatic N) is 1. The summed E-state index contributed by atoms with van der Waals surface area (Å²) >= 11 is 1.57. The van der Waals surface area contributed by atoms with Gasteiger partial charge in [-0.3, -0.25) is 10.2 Å². The molecule has 0 bridgehead atoms. The number of carbonyl (C=O) groups is 1. The molecular weight excluding hydrogens is 382 g/mol. The first-order valence-electron chi connectivity index (χ1n) is 9.06. The summed E-state index contributed by atoms with van der Waals surface area (Å²) in [5.41, 5.74) is 6.22. The monoisotopic (exact) mass is 401 g/mol. The van der Waals surface area contributed by atoms with Crippen LogP contribution in [-0.4, -0.2) is 10.9 Å². The molecule has 0 aliphatic heterocycles. The summed E-state index contributed by atoms with van der Waals surface area (Å²) in [6, 6.07) is 21.3. The molecule has 0 fully saturated rings. The highest BCUT2D eigenvalue weighted by atomic mass is 32.1. The number of hydrogen-bond acceptors (Lipinski definition) is 5. The third-order valence-electron chi connectivity index (χ3n) is 4.44. The number of nitrogens with two attached hydrogens (primary N) is 1. The van der Waals surface area contributed by atoms with Crippen molar-refractivity contribution in [3.63, 3.8) is 0 Å². The molecule has 0 aliphatic rings. The van der Waals surface area contributed by atoms with E-state index in [1.165, 1.54) is 0 Å². The van der Waals surface area contributed by atoms with E-state index >= 15 is 0 Å². The van der Waals surface area contributed by atoms with Crippen LogP contribution in [0, 0.1) is 0 Å². The Morgan fingerprint density at radius 1 is 1.07 bits per heavy atom. The van der Waals surface area contributed by atoms with E-state index in [9.17, 15) is 4.79 Å². The number of benzene rings is 2. The third kappa shape index (κ3) is 4.51. The van der Waals surface area contributed by atoms with Gasteiger partial charge in [0.1, 0.15) is 12.4 Å². The molecular formula is C23H19N3O2S. The first-order valence-corrected chi connectivity index (χ1v) is 10.00. The van der Waals surface area contributed by atoms with Gasteiger partial charge in [-0.2, -0.15) is 11.3 Å². The first-order chi connectivity index (χ1) is 14.2. The maximum atomic E-state index is 12.2. The standard InChI is InChI=1S/C23H19N3O2S/c24-26-23(27)21(13-16-11-12-29-15-16)17-6-9-20(10-7-17)28-14-19-8-5-18-3-1-2-4-22(18)25-19/h1-13,15H,14,24H2,(H,26,27)/b21-13+. The topological polar surface area (TPSA) is 77.2 Å². The van der Waals surface area contributed by atoms with Crippen molar-refractivity contribution >= 4 is 39.8 Å². The van der Waals surface area contributed by atoms with Crippen molar-refractivity contribution in [1.29, 1.82) is 0 Å². The van der Waals surface area contributed by atoms with E-state index in [0.717, 1.165) is 27.7 Å². The van der Waals surface area contributed by atoms with Crippen LogP contribution in [0.5, 0.6) is 5.75 Å². The molecule has 5 nitrogen and oxygen atoms in total. The SMILES string of the molecule is NNC(=O)/C(=C/c1ccsc1)c1ccc(OCc2ccc3ccccc3n2)cc1. The predicted molar refractivity (Wildman–Crippen MR) is 117 cm³/mol. The Kier molecular flexibility index (Phi) is 5.65. The van der Waals surface area contributed by atoms with Gasteiger partial charge in [-0.05, 0) is 58.3 Å². The maximum absolute atomic E-state index is 12.2. The van der Waals surface area contributed by atoms with Gasteiger partial charge in [0.15, 0.2) is 0 Å². The number of rotatable bonds is 6. The molecule has 1 amide bonds. The second-order valence-corrected chi connectivity index (χ2v) is 7.18. The summed E-state index contributed by atoms with van der Waals surface area (Å²) in [5.74, 6) is 5.71. The zero-order valence-electron chi connectivity index (χ0n) is 15.5. The maximum Gasteiger partial charge on any atom is 0.265 e. The molecule has 0 spiro atoms. The number of pyridine rings is 1. The van der Waals surface area contributed by atoms with Crippen molar-refractivity contribution in [3.05, 3.63) is 94.3 Å². The summed E-state index contributed by atoms with van der Waals surface area (Å²) in [5, 5.41) is 5.03. The number of ether oxygens (including phenoxy) is 1. The number of nitrogens with one attached hydrogen (secondary N) is 1. The lowest BCUT2D eigenvalue weighted by atomic mass is 10.0. The quantitative estimate of drug-likeness (QED) is 0.217. The summed E-state index contributed by atoms with van der Waals surface area (Å²) < 4.78 is 5.86. The second kappa shape index (κ2) is 8.68. The number of thiophene rings is 1. The fourth-order valence-corrected chi connectivity index (χ4v) is 3.58. The minimum absolute atomic E-state index is 0.342. The molecule has 29 heavy (non-hydrogen) atoms. The minimum Gasteiger partial charge on any atom is -0.487 e. The Morgan fingerprint density at radius 2 is 1.90 bits per heavy atom. The fraction of sp³-hybridized carbons (Fsp3) is 0.0435. The highest BCUT2D eigenvalue weighted by molar-refractivity contribution is 7.08. The van der Waals surface area contributed by atoms with Crippen LogP contribution >= 0.6 is 11.3 Å². The van der Waals surface area contributed by atoms with Crippen LogP contribution < -0.4 is 16.0 Å². The van der Waals surface area contributed by atoms with Crippen LogP contribution in [0.1, 0.15) is 16.8 Å². The molecule has 2 aromatic heterocycles. The normalized spacial score (nSPS) is 11.4. The van der Waals surface area contributed by atoms with E-state index < -0.39 is 0 Å². The van der Waals surface area contributed by atoms with Crippen LogP contribution in [0.25, 0.3) is 22.6 Å². The molecule has 6 heteroatoms. The Bertz CT molecular complexity index is 1150. The van der Waals surface area contributed by atoms with Crippen LogP contribution in [0.4, 0.5) is 0 Å². The molecule has 0 aliphatic carbocycles. The van der Waals surface area contributed by atoms with Gasteiger partial charge >= 0.3 is 0 Å². The molecule has 4 aromatic rings. The first kappa shape index (κ1) is 18.9. The summed E-state index contributed by atoms with van der Waals surface area (Å²) in [4.78, 5) is 16.8. The molecule has 0 atom stereocenters. The molecule has 4 rings (SSSR count). The molecule has 0 radical (unpaired) electrons. The van der Waals surface area contributed by atoms with Crippen LogP contribution in [-0.2, 0) is 11.4 Å². The smallest absolute Gasteiger partial charge is 0.265 e. The van der Waals surface area contributed by atoms with Gasteiger partial charge in [0.25, 0.3) is 5.91 Å². The van der Waals surface area contributed by atoms with E-state index in [-0.39, 0.29) is 5.91 Å². The average molecular weight is 401 g/mol. The number of aromatic nitrogens is 1. The second-order valence-electron chi connectivity index (χ2n) is 6.40. The van der Waals surface area contributed by atoms with Gasteiger partial charge in [-0.1, -0.05) is 36.4 Å².